The van der Waals surface area contributed by atoms with Gasteiger partial charge in [-0.25, -0.2) is 0 Å². The van der Waals surface area contributed by atoms with Crippen molar-refractivity contribution < 1.29 is 14.4 Å². The van der Waals surface area contributed by atoms with Crippen LogP contribution in [-0.4, -0.2) is 59.7 Å². The van der Waals surface area contributed by atoms with Crippen molar-refractivity contribution in [1.29, 1.82) is 0 Å². The summed E-state index contributed by atoms with van der Waals surface area (Å²) in [6.07, 6.45) is 5.09. The van der Waals surface area contributed by atoms with Gasteiger partial charge < -0.3 is 15.1 Å². The predicted molar refractivity (Wildman–Crippen MR) is 112 cm³/mol. The van der Waals surface area contributed by atoms with Crippen molar-refractivity contribution in [3.05, 3.63) is 35.9 Å². The molecule has 3 amide bonds. The standard InChI is InChI=1S/C23H33N3O3/c1-3-17(2)20(24-21(27)18-9-5-4-6-10-18)23(29)26-15-13-25(14-16-26)22(28)19-11-7-8-12-19/h4-6,9-10,17,19-20H,3,7-8,11-16H2,1-2H3,(H,24,27). The quantitative estimate of drug-likeness (QED) is 0.800. The van der Waals surface area contributed by atoms with Crippen LogP contribution in [0.2, 0.25) is 0 Å². The minimum absolute atomic E-state index is 0.0355. The van der Waals surface area contributed by atoms with E-state index in [4.69, 9.17) is 0 Å². The highest BCUT2D eigenvalue weighted by molar-refractivity contribution is 5.97. The summed E-state index contributed by atoms with van der Waals surface area (Å²) in [5.74, 6) is 0.199. The van der Waals surface area contributed by atoms with Crippen LogP contribution in [0, 0.1) is 11.8 Å². The Kier molecular flexibility index (Phi) is 7.29. The maximum absolute atomic E-state index is 13.2. The third-order valence-electron chi connectivity index (χ3n) is 6.41. The summed E-state index contributed by atoms with van der Waals surface area (Å²) >= 11 is 0. The van der Waals surface area contributed by atoms with Crippen LogP contribution in [0.4, 0.5) is 0 Å². The number of nitrogens with one attached hydrogen (secondary N) is 1. The first-order valence-corrected chi connectivity index (χ1v) is 10.9. The maximum atomic E-state index is 13.2. The zero-order chi connectivity index (χ0) is 20.8. The Morgan fingerprint density at radius 2 is 1.59 bits per heavy atom. The van der Waals surface area contributed by atoms with Gasteiger partial charge in [0, 0.05) is 37.7 Å². The smallest absolute Gasteiger partial charge is 0.251 e. The molecule has 3 rings (SSSR count). The highest BCUT2D eigenvalue weighted by Gasteiger charge is 2.34. The molecule has 1 aliphatic heterocycles. The molecule has 1 saturated heterocycles. The molecule has 0 radical (unpaired) electrons. The number of nitrogens with zero attached hydrogens (tertiary/aromatic N) is 2. The molecule has 1 aliphatic carbocycles. The van der Waals surface area contributed by atoms with E-state index >= 15 is 0 Å². The summed E-state index contributed by atoms with van der Waals surface area (Å²) in [4.78, 5) is 42.2. The number of hydrogen-bond donors (Lipinski definition) is 1. The van der Waals surface area contributed by atoms with Crippen LogP contribution in [0.5, 0.6) is 0 Å². The van der Waals surface area contributed by atoms with Crippen molar-refractivity contribution in [1.82, 2.24) is 15.1 Å². The van der Waals surface area contributed by atoms with Crippen LogP contribution in [-0.2, 0) is 9.59 Å². The van der Waals surface area contributed by atoms with Crippen LogP contribution in [0.1, 0.15) is 56.3 Å². The van der Waals surface area contributed by atoms with Crippen LogP contribution in [0.25, 0.3) is 0 Å². The molecule has 2 unspecified atom stereocenters. The van der Waals surface area contributed by atoms with Gasteiger partial charge in [0.1, 0.15) is 6.04 Å². The van der Waals surface area contributed by atoms with Crippen LogP contribution in [0.15, 0.2) is 30.3 Å². The number of hydrogen-bond acceptors (Lipinski definition) is 3. The molecule has 1 saturated carbocycles. The fourth-order valence-corrected chi connectivity index (χ4v) is 4.27. The van der Waals surface area contributed by atoms with Gasteiger partial charge in [-0.2, -0.15) is 0 Å². The lowest BCUT2D eigenvalue weighted by molar-refractivity contribution is -0.143. The average Bonchev–Trinajstić information content (AvgIpc) is 3.31. The van der Waals surface area contributed by atoms with Gasteiger partial charge in [-0.15, -0.1) is 0 Å². The number of piperazine rings is 1. The van der Waals surface area contributed by atoms with Gasteiger partial charge >= 0.3 is 0 Å². The lowest BCUT2D eigenvalue weighted by Gasteiger charge is -2.38. The molecular weight excluding hydrogens is 366 g/mol. The van der Waals surface area contributed by atoms with E-state index in [0.717, 1.165) is 32.1 Å². The largest absolute Gasteiger partial charge is 0.340 e. The van der Waals surface area contributed by atoms with Crippen LogP contribution >= 0.6 is 0 Å². The zero-order valence-electron chi connectivity index (χ0n) is 17.6. The lowest BCUT2D eigenvalue weighted by atomic mass is 9.97. The van der Waals surface area contributed by atoms with Gasteiger partial charge in [-0.1, -0.05) is 51.3 Å². The molecule has 1 N–H and O–H groups in total. The molecule has 2 aliphatic rings. The van der Waals surface area contributed by atoms with Gasteiger partial charge in [-0.05, 0) is 30.9 Å². The Bertz CT molecular complexity index is 707. The minimum Gasteiger partial charge on any atom is -0.340 e. The van der Waals surface area contributed by atoms with Gasteiger partial charge in [0.15, 0.2) is 0 Å². The topological polar surface area (TPSA) is 69.7 Å². The first-order valence-electron chi connectivity index (χ1n) is 10.9. The molecular formula is C23H33N3O3. The summed E-state index contributed by atoms with van der Waals surface area (Å²) in [6, 6.07) is 8.44. The average molecular weight is 400 g/mol. The summed E-state index contributed by atoms with van der Waals surface area (Å²) < 4.78 is 0. The van der Waals surface area contributed by atoms with Crippen LogP contribution < -0.4 is 5.32 Å². The molecule has 158 valence electrons. The fourth-order valence-electron chi connectivity index (χ4n) is 4.27. The van der Waals surface area contributed by atoms with Crippen molar-refractivity contribution in [2.75, 3.05) is 26.2 Å². The monoisotopic (exact) mass is 399 g/mol. The van der Waals surface area contributed by atoms with Gasteiger partial charge in [0.05, 0.1) is 0 Å². The Morgan fingerprint density at radius 1 is 1.00 bits per heavy atom. The second kappa shape index (κ2) is 9.90. The van der Waals surface area contributed by atoms with Crippen molar-refractivity contribution >= 4 is 17.7 Å². The highest BCUT2D eigenvalue weighted by Crippen LogP contribution is 2.27. The van der Waals surface area contributed by atoms with E-state index in [1.54, 1.807) is 17.0 Å². The Hall–Kier alpha value is -2.37. The third-order valence-corrected chi connectivity index (χ3v) is 6.41. The van der Waals surface area contributed by atoms with Crippen molar-refractivity contribution in [3.63, 3.8) is 0 Å². The number of carbonyl (C=O) groups is 3. The molecule has 1 aromatic carbocycles. The second-order valence-corrected chi connectivity index (χ2v) is 8.33. The molecule has 2 fully saturated rings. The SMILES string of the molecule is CCC(C)C(NC(=O)c1ccccc1)C(=O)N1CCN(C(=O)C2CCCC2)CC1. The van der Waals surface area contributed by atoms with Gasteiger partial charge in [0.25, 0.3) is 5.91 Å². The Morgan fingerprint density at radius 3 is 2.17 bits per heavy atom. The van der Waals surface area contributed by atoms with E-state index in [-0.39, 0.29) is 29.6 Å². The van der Waals surface area contributed by atoms with E-state index in [0.29, 0.717) is 31.7 Å². The molecule has 0 bridgehead atoms. The van der Waals surface area contributed by atoms with Gasteiger partial charge in [0.2, 0.25) is 11.8 Å². The molecule has 2 atom stereocenters. The number of amides is 3. The van der Waals surface area contributed by atoms with E-state index in [1.165, 1.54) is 0 Å². The maximum Gasteiger partial charge on any atom is 0.251 e. The summed E-state index contributed by atoms with van der Waals surface area (Å²) in [5.41, 5.74) is 0.556. The third kappa shape index (κ3) is 5.17. The molecule has 1 aromatic rings. The minimum atomic E-state index is -0.551. The van der Waals surface area contributed by atoms with E-state index in [9.17, 15) is 14.4 Å². The number of benzene rings is 1. The van der Waals surface area contributed by atoms with Crippen molar-refractivity contribution in [2.24, 2.45) is 11.8 Å². The van der Waals surface area contributed by atoms with E-state index < -0.39 is 6.04 Å². The lowest BCUT2D eigenvalue weighted by Crippen LogP contribution is -2.57. The molecule has 6 nitrogen and oxygen atoms in total. The summed E-state index contributed by atoms with van der Waals surface area (Å²) in [6.45, 7) is 6.25. The normalized spacial score (nSPS) is 19.7. The molecule has 29 heavy (non-hydrogen) atoms. The Labute approximate surface area is 173 Å². The predicted octanol–water partition coefficient (Wildman–Crippen LogP) is 2.69. The second-order valence-electron chi connectivity index (χ2n) is 8.33. The number of rotatable bonds is 6. The molecule has 1 heterocycles. The van der Waals surface area contributed by atoms with E-state index in [2.05, 4.69) is 5.32 Å². The highest BCUT2D eigenvalue weighted by atomic mass is 16.2. The Balaban J connectivity index is 1.60. The first kappa shape index (κ1) is 21.3. The summed E-state index contributed by atoms with van der Waals surface area (Å²) in [7, 11) is 0. The van der Waals surface area contributed by atoms with Crippen molar-refractivity contribution in [2.45, 2.75) is 52.0 Å². The number of carbonyl (C=O) groups excluding carboxylic acids is 3. The molecule has 0 aromatic heterocycles. The van der Waals surface area contributed by atoms with E-state index in [1.807, 2.05) is 36.9 Å². The summed E-state index contributed by atoms with van der Waals surface area (Å²) in [5, 5.41) is 2.95. The van der Waals surface area contributed by atoms with Crippen LogP contribution in [0.3, 0.4) is 0 Å². The van der Waals surface area contributed by atoms with Gasteiger partial charge in [-0.3, -0.25) is 14.4 Å². The van der Waals surface area contributed by atoms with Crippen molar-refractivity contribution in [3.8, 4) is 0 Å². The molecule has 0 spiro atoms. The zero-order valence-corrected chi connectivity index (χ0v) is 17.6. The molecule has 6 heteroatoms. The first-order chi connectivity index (χ1) is 14.0. The fraction of sp³-hybridized carbons (Fsp3) is 0.609.